The van der Waals surface area contributed by atoms with Crippen LogP contribution in [-0.4, -0.2) is 14.5 Å². The fraction of sp³-hybridized carbons (Fsp3) is 0.0545. The molecule has 0 fully saturated rings. The van der Waals surface area contributed by atoms with Crippen LogP contribution in [0.3, 0.4) is 0 Å². The molecule has 10 aromatic rings. The van der Waals surface area contributed by atoms with Crippen LogP contribution in [0.1, 0.15) is 16.7 Å². The lowest BCUT2D eigenvalue weighted by Gasteiger charge is -2.24. The van der Waals surface area contributed by atoms with E-state index in [1.54, 1.807) is 18.2 Å². The number of alkyl halides is 6. The van der Waals surface area contributed by atoms with Gasteiger partial charge in [0.15, 0.2) is 5.82 Å². The molecule has 0 unspecified atom stereocenters. The summed E-state index contributed by atoms with van der Waals surface area (Å²) in [7, 11) is 0. The lowest BCUT2D eigenvalue weighted by Crippen LogP contribution is -2.11. The van der Waals surface area contributed by atoms with Gasteiger partial charge in [-0.05, 0) is 83.3 Å². The van der Waals surface area contributed by atoms with E-state index in [4.69, 9.17) is 9.97 Å². The molecule has 9 heteroatoms. The van der Waals surface area contributed by atoms with Crippen LogP contribution in [-0.2, 0) is 12.4 Å². The standard InChI is InChI=1S/C55H35F6N3/c1-34-16-8-9-21-39(34)37-28-29-51-43(30-37)42-24-12-15-27-50(42)64(51)52-44(40-22-10-13-25-46(40)54(56,57)58)31-38(32-45(52)41-23-11-14-26-47(41)55(59,60)61)49-33-48(35-17-4-2-5-18-35)62-53(63-49)36-19-6-3-7-20-36/h2-33H,1H3. The molecule has 2 heterocycles. The predicted octanol–water partition coefficient (Wildman–Crippen LogP) is 15.9. The van der Waals surface area contributed by atoms with Crippen molar-refractivity contribution in [1.29, 1.82) is 0 Å². The third kappa shape index (κ3) is 7.28. The SMILES string of the molecule is Cc1ccccc1-c1ccc2c(c1)c1ccccc1n2-c1c(-c2ccccc2C(F)(F)F)cc(-c2cc(-c3ccccc3)nc(-c3ccccc3)n2)cc1-c1ccccc1C(F)(F)F. The van der Waals surface area contributed by atoms with Crippen molar-refractivity contribution in [3.05, 3.63) is 211 Å². The normalized spacial score (nSPS) is 12.0. The Hall–Kier alpha value is -7.78. The van der Waals surface area contributed by atoms with Gasteiger partial charge >= 0.3 is 12.4 Å². The van der Waals surface area contributed by atoms with E-state index in [1.165, 1.54) is 36.4 Å². The maximum Gasteiger partial charge on any atom is 0.417 e. The molecule has 0 bridgehead atoms. The fourth-order valence-corrected chi connectivity index (χ4v) is 8.71. The van der Waals surface area contributed by atoms with Gasteiger partial charge in [-0.1, -0.05) is 146 Å². The number of rotatable bonds is 7. The molecule has 0 aliphatic heterocycles. The lowest BCUT2D eigenvalue weighted by atomic mass is 9.88. The summed E-state index contributed by atoms with van der Waals surface area (Å²) in [4.78, 5) is 9.89. The molecule has 0 amide bonds. The Labute approximate surface area is 364 Å². The summed E-state index contributed by atoms with van der Waals surface area (Å²) in [5.41, 5.74) is 4.69. The molecule has 8 aromatic carbocycles. The first-order chi connectivity index (χ1) is 30.9. The number of nitrogens with zero attached hydrogens (tertiary/aromatic N) is 3. The number of hydrogen-bond donors (Lipinski definition) is 0. The largest absolute Gasteiger partial charge is 0.417 e. The van der Waals surface area contributed by atoms with Crippen molar-refractivity contribution in [2.75, 3.05) is 0 Å². The van der Waals surface area contributed by atoms with Crippen LogP contribution in [0.2, 0.25) is 0 Å². The maximum absolute atomic E-state index is 15.3. The highest BCUT2D eigenvalue weighted by Gasteiger charge is 2.37. The first-order valence-electron chi connectivity index (χ1n) is 20.5. The summed E-state index contributed by atoms with van der Waals surface area (Å²) in [6.45, 7) is 2.02. The molecule has 10 rings (SSSR count). The van der Waals surface area contributed by atoms with Crippen molar-refractivity contribution in [3.8, 4) is 73.0 Å². The molecule has 0 radical (unpaired) electrons. The molecular weight excluding hydrogens is 817 g/mol. The Balaban J connectivity index is 1.38. The Morgan fingerprint density at radius 2 is 0.859 bits per heavy atom. The van der Waals surface area contributed by atoms with Crippen molar-refractivity contribution in [3.63, 3.8) is 0 Å². The van der Waals surface area contributed by atoms with E-state index in [0.717, 1.165) is 45.2 Å². The smallest absolute Gasteiger partial charge is 0.308 e. The van der Waals surface area contributed by atoms with Crippen LogP contribution >= 0.6 is 0 Å². The third-order valence-electron chi connectivity index (χ3n) is 11.6. The third-order valence-corrected chi connectivity index (χ3v) is 11.6. The summed E-state index contributed by atoms with van der Waals surface area (Å²) < 4.78 is 93.8. The molecule has 0 aliphatic carbocycles. The van der Waals surface area contributed by atoms with Crippen LogP contribution in [0.5, 0.6) is 0 Å². The molecule has 0 saturated heterocycles. The highest BCUT2D eigenvalue weighted by Crippen LogP contribution is 2.49. The number of aromatic nitrogens is 3. The van der Waals surface area contributed by atoms with E-state index in [1.807, 2.05) is 139 Å². The van der Waals surface area contributed by atoms with Gasteiger partial charge in [-0.3, -0.25) is 0 Å². The number of halogens is 6. The molecule has 0 aliphatic rings. The minimum atomic E-state index is -4.83. The molecule has 0 spiro atoms. The zero-order chi connectivity index (χ0) is 44.2. The van der Waals surface area contributed by atoms with Crippen LogP contribution in [0.15, 0.2) is 194 Å². The highest BCUT2D eigenvalue weighted by molar-refractivity contribution is 6.12. The molecule has 0 N–H and O–H groups in total. The summed E-state index contributed by atoms with van der Waals surface area (Å²) in [5.74, 6) is 0.336. The van der Waals surface area contributed by atoms with Crippen molar-refractivity contribution in [2.24, 2.45) is 0 Å². The minimum absolute atomic E-state index is 0.0594. The van der Waals surface area contributed by atoms with E-state index in [-0.39, 0.29) is 27.9 Å². The number of hydrogen-bond acceptors (Lipinski definition) is 2. The van der Waals surface area contributed by atoms with Crippen LogP contribution < -0.4 is 0 Å². The zero-order valence-corrected chi connectivity index (χ0v) is 34.1. The number of benzene rings is 8. The Morgan fingerprint density at radius 1 is 0.375 bits per heavy atom. The van der Waals surface area contributed by atoms with Gasteiger partial charge in [-0.25, -0.2) is 9.97 Å². The highest BCUT2D eigenvalue weighted by atomic mass is 19.4. The van der Waals surface area contributed by atoms with Crippen molar-refractivity contribution in [1.82, 2.24) is 14.5 Å². The molecule has 0 saturated carbocycles. The van der Waals surface area contributed by atoms with Crippen molar-refractivity contribution in [2.45, 2.75) is 19.3 Å². The molecule has 0 atom stereocenters. The van der Waals surface area contributed by atoms with Crippen molar-refractivity contribution >= 4 is 21.8 Å². The predicted molar refractivity (Wildman–Crippen MR) is 244 cm³/mol. The molecule has 2 aromatic heterocycles. The van der Waals surface area contributed by atoms with Gasteiger partial charge in [-0.2, -0.15) is 26.3 Å². The van der Waals surface area contributed by atoms with E-state index in [9.17, 15) is 0 Å². The van der Waals surface area contributed by atoms with Gasteiger partial charge in [0, 0.05) is 38.6 Å². The number of fused-ring (bicyclic) bond motifs is 3. The van der Waals surface area contributed by atoms with Crippen LogP contribution in [0.4, 0.5) is 26.3 Å². The van der Waals surface area contributed by atoms with Crippen molar-refractivity contribution < 1.29 is 26.3 Å². The Bertz CT molecular complexity index is 3230. The minimum Gasteiger partial charge on any atom is -0.308 e. The van der Waals surface area contributed by atoms with Crippen LogP contribution in [0, 0.1) is 6.92 Å². The molecule has 64 heavy (non-hydrogen) atoms. The average molecular weight is 852 g/mol. The summed E-state index contributed by atoms with van der Waals surface area (Å²) >= 11 is 0. The molecule has 3 nitrogen and oxygen atoms in total. The number of aryl methyl sites for hydroxylation is 1. The average Bonchev–Trinajstić information content (AvgIpc) is 3.64. The van der Waals surface area contributed by atoms with Gasteiger partial charge in [0.2, 0.25) is 0 Å². The Kier molecular flexibility index (Phi) is 9.98. The quantitative estimate of drug-likeness (QED) is 0.150. The fourth-order valence-electron chi connectivity index (χ4n) is 8.71. The second-order valence-corrected chi connectivity index (χ2v) is 15.6. The first kappa shape index (κ1) is 40.3. The van der Waals surface area contributed by atoms with Gasteiger partial charge in [0.25, 0.3) is 0 Å². The molecular formula is C55H35F6N3. The van der Waals surface area contributed by atoms with Crippen LogP contribution in [0.25, 0.3) is 94.8 Å². The van der Waals surface area contributed by atoms with E-state index < -0.39 is 23.5 Å². The second-order valence-electron chi connectivity index (χ2n) is 15.6. The number of para-hydroxylation sites is 1. The van der Waals surface area contributed by atoms with E-state index in [2.05, 4.69) is 0 Å². The van der Waals surface area contributed by atoms with E-state index in [0.29, 0.717) is 39.4 Å². The first-order valence-corrected chi connectivity index (χ1v) is 20.5. The van der Waals surface area contributed by atoms with Gasteiger partial charge in [0.1, 0.15) is 0 Å². The summed E-state index contributed by atoms with van der Waals surface area (Å²) in [6.07, 6.45) is -9.65. The summed E-state index contributed by atoms with van der Waals surface area (Å²) in [6, 6.07) is 55.2. The van der Waals surface area contributed by atoms with E-state index >= 15 is 26.3 Å². The second kappa shape index (κ2) is 15.8. The monoisotopic (exact) mass is 851 g/mol. The van der Waals surface area contributed by atoms with Gasteiger partial charge in [-0.15, -0.1) is 0 Å². The summed E-state index contributed by atoms with van der Waals surface area (Å²) in [5, 5.41) is 1.55. The van der Waals surface area contributed by atoms with Gasteiger partial charge in [0.05, 0.1) is 39.2 Å². The maximum atomic E-state index is 15.3. The topological polar surface area (TPSA) is 30.7 Å². The zero-order valence-electron chi connectivity index (χ0n) is 34.1. The Morgan fingerprint density at radius 3 is 1.45 bits per heavy atom. The van der Waals surface area contributed by atoms with Gasteiger partial charge < -0.3 is 4.57 Å². The lowest BCUT2D eigenvalue weighted by molar-refractivity contribution is -0.137. The molecule has 312 valence electrons.